The fourth-order valence-corrected chi connectivity index (χ4v) is 3.01. The van der Waals surface area contributed by atoms with Crippen LogP contribution in [0.2, 0.25) is 0 Å². The maximum atomic E-state index is 12.7. The fourth-order valence-electron chi connectivity index (χ4n) is 3.01. The first-order chi connectivity index (χ1) is 9.71. The molecule has 0 radical (unpaired) electrons. The first kappa shape index (κ1) is 13.4. The number of rotatable bonds is 4. The number of hydrogen-bond acceptors (Lipinski definition) is 5. The van der Waals surface area contributed by atoms with Gasteiger partial charge in [0.25, 0.3) is 0 Å². The molecular formula is C15H20N2O3. The number of nitrogens with zero attached hydrogens (tertiary/aromatic N) is 2. The van der Waals surface area contributed by atoms with Crippen molar-refractivity contribution in [1.29, 1.82) is 0 Å². The van der Waals surface area contributed by atoms with E-state index in [1.54, 1.807) is 32.4 Å². The molecule has 108 valence electrons. The van der Waals surface area contributed by atoms with Crippen molar-refractivity contribution in [3.63, 3.8) is 0 Å². The van der Waals surface area contributed by atoms with Gasteiger partial charge in [0.05, 0.1) is 20.3 Å². The van der Waals surface area contributed by atoms with Gasteiger partial charge in [0.1, 0.15) is 11.5 Å². The molecule has 5 heteroatoms. The summed E-state index contributed by atoms with van der Waals surface area (Å²) in [5.74, 6) is 1.47. The van der Waals surface area contributed by atoms with Crippen molar-refractivity contribution in [2.24, 2.45) is 0 Å². The first-order valence-corrected chi connectivity index (χ1v) is 6.95. The third-order valence-electron chi connectivity index (χ3n) is 4.22. The van der Waals surface area contributed by atoms with Crippen molar-refractivity contribution in [3.8, 4) is 11.5 Å². The SMILES string of the molecule is COc1cc(OC)cc(C(=O)C2CN3CCN2CC3)c1. The summed E-state index contributed by atoms with van der Waals surface area (Å²) < 4.78 is 10.5. The largest absolute Gasteiger partial charge is 0.497 e. The Morgan fingerprint density at radius 3 is 2.10 bits per heavy atom. The van der Waals surface area contributed by atoms with E-state index in [9.17, 15) is 4.79 Å². The highest BCUT2D eigenvalue weighted by Gasteiger charge is 2.36. The Balaban J connectivity index is 1.86. The predicted octanol–water partition coefficient (Wildman–Crippen LogP) is 0.886. The van der Waals surface area contributed by atoms with E-state index in [-0.39, 0.29) is 11.8 Å². The van der Waals surface area contributed by atoms with Crippen LogP contribution in [0.25, 0.3) is 0 Å². The second-order valence-electron chi connectivity index (χ2n) is 5.32. The van der Waals surface area contributed by atoms with Gasteiger partial charge in [0.2, 0.25) is 0 Å². The summed E-state index contributed by atoms with van der Waals surface area (Å²) in [5, 5.41) is 0. The van der Waals surface area contributed by atoms with E-state index in [1.165, 1.54) is 0 Å². The van der Waals surface area contributed by atoms with Crippen LogP contribution in [0, 0.1) is 0 Å². The summed E-state index contributed by atoms with van der Waals surface area (Å²) in [7, 11) is 3.20. The Morgan fingerprint density at radius 1 is 1.05 bits per heavy atom. The molecule has 3 heterocycles. The topological polar surface area (TPSA) is 42.0 Å². The number of methoxy groups -OCH3 is 2. The second-order valence-corrected chi connectivity index (χ2v) is 5.32. The highest BCUT2D eigenvalue weighted by molar-refractivity contribution is 6.01. The van der Waals surface area contributed by atoms with Crippen molar-refractivity contribution in [3.05, 3.63) is 23.8 Å². The van der Waals surface area contributed by atoms with Crippen LogP contribution in [0.3, 0.4) is 0 Å². The second kappa shape index (κ2) is 5.42. The minimum Gasteiger partial charge on any atom is -0.497 e. The molecule has 0 N–H and O–H groups in total. The smallest absolute Gasteiger partial charge is 0.181 e. The van der Waals surface area contributed by atoms with E-state index < -0.39 is 0 Å². The van der Waals surface area contributed by atoms with E-state index in [1.807, 2.05) is 0 Å². The number of hydrogen-bond donors (Lipinski definition) is 0. The molecule has 3 aliphatic heterocycles. The summed E-state index contributed by atoms with van der Waals surface area (Å²) in [5.41, 5.74) is 0.667. The van der Waals surface area contributed by atoms with Crippen LogP contribution in [-0.4, -0.2) is 68.6 Å². The molecule has 1 atom stereocenters. The van der Waals surface area contributed by atoms with Crippen LogP contribution in [0.1, 0.15) is 10.4 Å². The number of Topliss-reactive ketones (excluding diaryl/α,β-unsaturated/α-hetero) is 1. The molecule has 0 amide bonds. The first-order valence-electron chi connectivity index (χ1n) is 6.95. The van der Waals surface area contributed by atoms with E-state index in [4.69, 9.17) is 9.47 Å². The summed E-state index contributed by atoms with van der Waals surface area (Å²) in [4.78, 5) is 17.4. The summed E-state index contributed by atoms with van der Waals surface area (Å²) in [6.45, 7) is 4.95. The molecule has 3 saturated heterocycles. The quantitative estimate of drug-likeness (QED) is 0.764. The molecule has 3 aliphatic rings. The molecule has 0 spiro atoms. The van der Waals surface area contributed by atoms with Crippen molar-refractivity contribution in [2.45, 2.75) is 6.04 Å². The monoisotopic (exact) mass is 276 g/mol. The van der Waals surface area contributed by atoms with Crippen molar-refractivity contribution in [1.82, 2.24) is 9.80 Å². The Kier molecular flexibility index (Phi) is 3.63. The summed E-state index contributed by atoms with van der Waals surface area (Å²) in [6, 6.07) is 5.34. The fraction of sp³-hybridized carbons (Fsp3) is 0.533. The van der Waals surface area contributed by atoms with Gasteiger partial charge in [-0.05, 0) is 12.1 Å². The van der Waals surface area contributed by atoms with Crippen molar-refractivity contribution >= 4 is 5.78 Å². The molecule has 0 aliphatic carbocycles. The summed E-state index contributed by atoms with van der Waals surface area (Å²) >= 11 is 0. The minimum absolute atomic E-state index is 0.0330. The van der Waals surface area contributed by atoms with Gasteiger partial charge >= 0.3 is 0 Å². The Hall–Kier alpha value is -1.59. The lowest BCUT2D eigenvalue weighted by Crippen LogP contribution is -2.63. The van der Waals surface area contributed by atoms with Gasteiger partial charge in [0.15, 0.2) is 5.78 Å². The number of fused-ring (bicyclic) bond motifs is 3. The number of benzene rings is 1. The molecule has 1 aromatic carbocycles. The maximum absolute atomic E-state index is 12.7. The zero-order chi connectivity index (χ0) is 14.1. The average molecular weight is 276 g/mol. The van der Waals surface area contributed by atoms with Gasteiger partial charge in [-0.15, -0.1) is 0 Å². The molecule has 0 saturated carbocycles. The molecule has 20 heavy (non-hydrogen) atoms. The molecule has 5 nitrogen and oxygen atoms in total. The number of piperazine rings is 3. The van der Waals surface area contributed by atoms with Gasteiger partial charge in [-0.1, -0.05) is 0 Å². The van der Waals surface area contributed by atoms with Crippen LogP contribution >= 0.6 is 0 Å². The molecule has 1 unspecified atom stereocenters. The van der Waals surface area contributed by atoms with E-state index in [2.05, 4.69) is 9.80 Å². The van der Waals surface area contributed by atoms with Crippen LogP contribution in [-0.2, 0) is 0 Å². The standard InChI is InChI=1S/C15H20N2O3/c1-19-12-7-11(8-13(9-12)20-2)15(18)14-10-16-3-5-17(14)6-4-16/h7-9,14H,3-6,10H2,1-2H3. The number of ether oxygens (including phenoxy) is 2. The maximum Gasteiger partial charge on any atom is 0.181 e. The van der Waals surface area contributed by atoms with Crippen molar-refractivity contribution < 1.29 is 14.3 Å². The lowest BCUT2D eigenvalue weighted by Gasteiger charge is -2.46. The lowest BCUT2D eigenvalue weighted by molar-refractivity contribution is 0.0159. The average Bonchev–Trinajstić information content (AvgIpc) is 2.54. The van der Waals surface area contributed by atoms with E-state index in [0.29, 0.717) is 17.1 Å². The molecule has 2 bridgehead atoms. The molecule has 3 fully saturated rings. The highest BCUT2D eigenvalue weighted by atomic mass is 16.5. The zero-order valence-corrected chi connectivity index (χ0v) is 12.0. The molecular weight excluding hydrogens is 256 g/mol. The Morgan fingerprint density at radius 2 is 1.65 bits per heavy atom. The number of carbonyl (C=O) groups is 1. The Labute approximate surface area is 119 Å². The van der Waals surface area contributed by atoms with E-state index in [0.717, 1.165) is 32.7 Å². The third kappa shape index (κ3) is 2.39. The molecule has 0 aromatic heterocycles. The number of ketones is 1. The van der Waals surface area contributed by atoms with Gasteiger partial charge in [-0.3, -0.25) is 14.6 Å². The van der Waals surface area contributed by atoms with Gasteiger partial charge in [0, 0.05) is 44.4 Å². The van der Waals surface area contributed by atoms with Crippen LogP contribution in [0.5, 0.6) is 11.5 Å². The zero-order valence-electron chi connectivity index (χ0n) is 12.0. The minimum atomic E-state index is -0.0330. The van der Waals surface area contributed by atoms with E-state index >= 15 is 0 Å². The highest BCUT2D eigenvalue weighted by Crippen LogP contribution is 2.26. The van der Waals surface area contributed by atoms with Gasteiger partial charge in [-0.2, -0.15) is 0 Å². The van der Waals surface area contributed by atoms with Gasteiger partial charge < -0.3 is 9.47 Å². The van der Waals surface area contributed by atoms with Crippen LogP contribution < -0.4 is 9.47 Å². The third-order valence-corrected chi connectivity index (χ3v) is 4.22. The van der Waals surface area contributed by atoms with Crippen LogP contribution in [0.4, 0.5) is 0 Å². The molecule has 1 aromatic rings. The van der Waals surface area contributed by atoms with Gasteiger partial charge in [-0.25, -0.2) is 0 Å². The Bertz CT molecular complexity index is 488. The molecule has 4 rings (SSSR count). The number of carbonyl (C=O) groups excluding carboxylic acids is 1. The normalized spacial score (nSPS) is 28.2. The summed E-state index contributed by atoms with van der Waals surface area (Å²) in [6.07, 6.45) is 0. The lowest BCUT2D eigenvalue weighted by atomic mass is 9.98. The van der Waals surface area contributed by atoms with Crippen molar-refractivity contribution in [2.75, 3.05) is 46.9 Å². The van der Waals surface area contributed by atoms with Crippen LogP contribution in [0.15, 0.2) is 18.2 Å². The predicted molar refractivity (Wildman–Crippen MR) is 75.7 cm³/mol.